The molecule has 0 saturated carbocycles. The Balaban J connectivity index is 2.17. The Labute approximate surface area is 241 Å². The smallest absolute Gasteiger partial charge is 0.326 e. The van der Waals surface area contributed by atoms with Gasteiger partial charge in [-0.15, -0.1) is 0 Å². The number of hydrogen-bond acceptors (Lipinski definition) is 8. The monoisotopic (exact) mass is 587 g/mol. The van der Waals surface area contributed by atoms with Crippen LogP contribution in [0.3, 0.4) is 0 Å². The predicted octanol–water partition coefficient (Wildman–Crippen LogP) is -2.02. The minimum absolute atomic E-state index is 0.00212. The molecule has 228 valence electrons. The number of aromatic nitrogens is 2. The minimum Gasteiger partial charge on any atom is -0.481 e. The maximum absolute atomic E-state index is 13.3. The zero-order chi connectivity index (χ0) is 31.1. The van der Waals surface area contributed by atoms with Crippen LogP contribution >= 0.6 is 0 Å². The van der Waals surface area contributed by atoms with Crippen molar-refractivity contribution in [3.63, 3.8) is 0 Å². The van der Waals surface area contributed by atoms with Crippen LogP contribution in [0.25, 0.3) is 0 Å². The standard InChI is InChI=1S/C26H37N9O7/c27-17(11-15-5-2-1-3-6-15)22(38)33-19(8-9-21(36)37)24(40)34-18(7-4-10-31-26(28)29)23(39)35-20(25(41)42)12-16-13-30-14-32-16/h1-3,5-6,13-14,17-20H,4,7-12,27H2,(H,30,32)(H,33,38)(H,34,40)(H,35,39)(H,36,37)(H,41,42)(H4,28,29,31). The van der Waals surface area contributed by atoms with Crippen molar-refractivity contribution in [3.8, 4) is 0 Å². The van der Waals surface area contributed by atoms with E-state index in [0.29, 0.717) is 5.69 Å². The van der Waals surface area contributed by atoms with E-state index in [1.807, 2.05) is 0 Å². The Hall–Kier alpha value is -4.99. The number of imidazole rings is 1. The largest absolute Gasteiger partial charge is 0.481 e. The topological polar surface area (TPSA) is 281 Å². The second-order valence-corrected chi connectivity index (χ2v) is 9.48. The first-order valence-electron chi connectivity index (χ1n) is 13.1. The molecule has 1 heterocycles. The normalized spacial score (nSPS) is 13.5. The van der Waals surface area contributed by atoms with Gasteiger partial charge in [-0.05, 0) is 31.2 Å². The molecule has 1 aromatic carbocycles. The number of benzene rings is 1. The van der Waals surface area contributed by atoms with Crippen molar-refractivity contribution in [2.24, 2.45) is 22.2 Å². The zero-order valence-electron chi connectivity index (χ0n) is 22.9. The van der Waals surface area contributed by atoms with Gasteiger partial charge < -0.3 is 48.3 Å². The predicted molar refractivity (Wildman–Crippen MR) is 151 cm³/mol. The van der Waals surface area contributed by atoms with Crippen LogP contribution in [0.1, 0.15) is 36.9 Å². The third-order valence-electron chi connectivity index (χ3n) is 6.09. The van der Waals surface area contributed by atoms with Crippen LogP contribution in [0.5, 0.6) is 0 Å². The second kappa shape index (κ2) is 17.0. The Morgan fingerprint density at radius 1 is 0.881 bits per heavy atom. The van der Waals surface area contributed by atoms with E-state index in [-0.39, 0.29) is 44.6 Å². The number of nitrogens with two attached hydrogens (primary N) is 3. The molecule has 4 unspecified atom stereocenters. The fourth-order valence-corrected chi connectivity index (χ4v) is 3.91. The molecular weight excluding hydrogens is 550 g/mol. The van der Waals surface area contributed by atoms with E-state index >= 15 is 0 Å². The van der Waals surface area contributed by atoms with Crippen molar-refractivity contribution < 1.29 is 34.2 Å². The number of carbonyl (C=O) groups is 5. The lowest BCUT2D eigenvalue weighted by molar-refractivity contribution is -0.142. The number of guanidine groups is 1. The van der Waals surface area contributed by atoms with Gasteiger partial charge in [0.2, 0.25) is 17.7 Å². The first-order valence-corrected chi connectivity index (χ1v) is 13.1. The van der Waals surface area contributed by atoms with Gasteiger partial charge in [-0.1, -0.05) is 30.3 Å². The molecule has 42 heavy (non-hydrogen) atoms. The Bertz CT molecular complexity index is 1220. The lowest BCUT2D eigenvalue weighted by Gasteiger charge is -2.25. The van der Waals surface area contributed by atoms with E-state index in [2.05, 4.69) is 30.9 Å². The first-order chi connectivity index (χ1) is 20.0. The molecular formula is C26H37N9O7. The van der Waals surface area contributed by atoms with E-state index in [0.717, 1.165) is 5.56 Å². The van der Waals surface area contributed by atoms with E-state index in [1.165, 1.54) is 12.5 Å². The average molecular weight is 588 g/mol. The van der Waals surface area contributed by atoms with E-state index in [9.17, 15) is 29.1 Å². The van der Waals surface area contributed by atoms with Crippen LogP contribution in [0, 0.1) is 0 Å². The third kappa shape index (κ3) is 12.0. The number of nitrogens with one attached hydrogen (secondary N) is 4. The fourth-order valence-electron chi connectivity index (χ4n) is 3.91. The number of rotatable bonds is 18. The molecule has 1 aromatic heterocycles. The molecule has 16 heteroatoms. The van der Waals surface area contributed by atoms with Gasteiger partial charge in [0.05, 0.1) is 12.4 Å². The molecule has 4 atom stereocenters. The van der Waals surface area contributed by atoms with Crippen LogP contribution in [0.2, 0.25) is 0 Å². The molecule has 0 aliphatic rings. The van der Waals surface area contributed by atoms with Gasteiger partial charge in [-0.2, -0.15) is 0 Å². The van der Waals surface area contributed by atoms with Gasteiger partial charge in [-0.25, -0.2) is 9.78 Å². The number of hydrogen-bond donors (Lipinski definition) is 9. The Morgan fingerprint density at radius 3 is 2.07 bits per heavy atom. The molecule has 2 aromatic rings. The summed E-state index contributed by atoms with van der Waals surface area (Å²) in [6.07, 6.45) is 2.31. The summed E-state index contributed by atoms with van der Waals surface area (Å²) < 4.78 is 0. The Morgan fingerprint density at radius 2 is 1.50 bits per heavy atom. The quantitative estimate of drug-likeness (QED) is 0.0521. The van der Waals surface area contributed by atoms with Gasteiger partial charge >= 0.3 is 11.9 Å². The van der Waals surface area contributed by atoms with Crippen molar-refractivity contribution in [2.75, 3.05) is 6.54 Å². The van der Waals surface area contributed by atoms with Gasteiger partial charge in [0.25, 0.3) is 0 Å². The number of aliphatic imine (C=N–C) groups is 1. The van der Waals surface area contributed by atoms with Crippen LogP contribution < -0.4 is 33.2 Å². The molecule has 3 amide bonds. The highest BCUT2D eigenvalue weighted by Crippen LogP contribution is 2.07. The zero-order valence-corrected chi connectivity index (χ0v) is 22.9. The van der Waals surface area contributed by atoms with Crippen molar-refractivity contribution in [3.05, 3.63) is 54.1 Å². The number of carbonyl (C=O) groups excluding carboxylic acids is 3. The molecule has 0 spiro atoms. The summed E-state index contributed by atoms with van der Waals surface area (Å²) in [5.74, 6) is -5.05. The van der Waals surface area contributed by atoms with Crippen LogP contribution in [0.15, 0.2) is 47.8 Å². The molecule has 0 bridgehead atoms. The SMILES string of the molecule is NC(N)=NCCCC(NC(=O)C(CCC(=O)O)NC(=O)C(N)Cc1ccccc1)C(=O)NC(Cc1cnc[nH]1)C(=O)O. The van der Waals surface area contributed by atoms with Crippen molar-refractivity contribution in [1.82, 2.24) is 25.9 Å². The summed E-state index contributed by atoms with van der Waals surface area (Å²) in [4.78, 5) is 72.7. The Kier molecular flexibility index (Phi) is 13.4. The maximum Gasteiger partial charge on any atom is 0.326 e. The molecule has 0 fully saturated rings. The lowest BCUT2D eigenvalue weighted by atomic mass is 10.0. The summed E-state index contributed by atoms with van der Waals surface area (Å²) >= 11 is 0. The van der Waals surface area contributed by atoms with Crippen LogP contribution in [0.4, 0.5) is 0 Å². The van der Waals surface area contributed by atoms with E-state index in [1.54, 1.807) is 30.3 Å². The molecule has 12 N–H and O–H groups in total. The van der Waals surface area contributed by atoms with Gasteiger partial charge in [0.1, 0.15) is 18.1 Å². The highest BCUT2D eigenvalue weighted by Gasteiger charge is 2.30. The highest BCUT2D eigenvalue weighted by molar-refractivity contribution is 5.94. The first kappa shape index (κ1) is 33.2. The van der Waals surface area contributed by atoms with E-state index < -0.39 is 60.2 Å². The molecule has 0 aliphatic carbocycles. The number of nitrogens with zero attached hydrogens (tertiary/aromatic N) is 2. The van der Waals surface area contributed by atoms with Crippen LogP contribution in [-0.2, 0) is 36.8 Å². The van der Waals surface area contributed by atoms with Gasteiger partial charge in [0, 0.05) is 31.3 Å². The molecule has 16 nitrogen and oxygen atoms in total. The summed E-state index contributed by atoms with van der Waals surface area (Å²) in [5, 5.41) is 26.2. The number of carboxylic acid groups (broad SMARTS) is 2. The summed E-state index contributed by atoms with van der Waals surface area (Å²) in [6, 6.07) is 3.94. The average Bonchev–Trinajstić information content (AvgIpc) is 3.45. The molecule has 0 aliphatic heterocycles. The van der Waals surface area contributed by atoms with Crippen molar-refractivity contribution >= 4 is 35.6 Å². The highest BCUT2D eigenvalue weighted by atomic mass is 16.4. The maximum atomic E-state index is 13.3. The molecule has 2 rings (SSSR count). The third-order valence-corrected chi connectivity index (χ3v) is 6.09. The second-order valence-electron chi connectivity index (χ2n) is 9.48. The summed E-state index contributed by atoms with van der Waals surface area (Å²) in [5.41, 5.74) is 17.9. The van der Waals surface area contributed by atoms with Crippen molar-refractivity contribution in [1.29, 1.82) is 0 Å². The number of carboxylic acids is 2. The summed E-state index contributed by atoms with van der Waals surface area (Å²) in [7, 11) is 0. The lowest BCUT2D eigenvalue weighted by Crippen LogP contribution is -2.57. The summed E-state index contributed by atoms with van der Waals surface area (Å²) in [6.45, 7) is 0.117. The number of aliphatic carboxylic acids is 2. The number of aromatic amines is 1. The van der Waals surface area contributed by atoms with Gasteiger partial charge in [0.15, 0.2) is 5.96 Å². The number of H-pyrrole nitrogens is 1. The number of amides is 3. The van der Waals surface area contributed by atoms with Crippen LogP contribution in [-0.4, -0.2) is 86.5 Å². The fraction of sp³-hybridized carbons (Fsp3) is 0.423. The van der Waals surface area contributed by atoms with E-state index in [4.69, 9.17) is 22.3 Å². The molecule has 0 radical (unpaired) electrons. The van der Waals surface area contributed by atoms with Gasteiger partial charge in [-0.3, -0.25) is 24.2 Å². The van der Waals surface area contributed by atoms with Crippen molar-refractivity contribution in [2.45, 2.75) is 62.7 Å². The minimum atomic E-state index is -1.35. The molecule has 0 saturated heterocycles.